The summed E-state index contributed by atoms with van der Waals surface area (Å²) in [5.41, 5.74) is 7.11. The highest BCUT2D eigenvalue weighted by Gasteiger charge is 2.25. The lowest BCUT2D eigenvalue weighted by Gasteiger charge is -2.34. The minimum Gasteiger partial charge on any atom is -0.395 e. The molecule has 1 rings (SSSR count). The van der Waals surface area contributed by atoms with Gasteiger partial charge in [-0.2, -0.15) is 0 Å². The molecule has 1 aromatic rings. The molecule has 0 radical (unpaired) electrons. The molecule has 0 saturated heterocycles. The van der Waals surface area contributed by atoms with Crippen LogP contribution >= 0.6 is 11.6 Å². The fourth-order valence-electron chi connectivity index (χ4n) is 2.25. The van der Waals surface area contributed by atoms with Gasteiger partial charge in [0.15, 0.2) is 0 Å². The molecule has 0 amide bonds. The number of rotatable bonds is 8. The van der Waals surface area contributed by atoms with Crippen molar-refractivity contribution in [2.45, 2.75) is 19.0 Å². The maximum atomic E-state index is 9.23. The average molecular weight is 287 g/mol. The largest absolute Gasteiger partial charge is 0.395 e. The van der Waals surface area contributed by atoms with E-state index in [2.05, 4.69) is 4.90 Å². The zero-order chi connectivity index (χ0) is 14.3. The average Bonchev–Trinajstić information content (AvgIpc) is 2.38. The number of hydrogen-bond acceptors (Lipinski definition) is 4. The maximum Gasteiger partial charge on any atom is 0.0589 e. The first kappa shape index (κ1) is 16.4. The van der Waals surface area contributed by atoms with Crippen LogP contribution in [-0.2, 0) is 4.74 Å². The lowest BCUT2D eigenvalue weighted by molar-refractivity contribution is 0.0929. The number of methoxy groups -OCH3 is 1. The topological polar surface area (TPSA) is 58.7 Å². The number of aliphatic hydroxyl groups excluding tert-OH is 1. The Kier molecular flexibility index (Phi) is 7.34. The van der Waals surface area contributed by atoms with Crippen LogP contribution in [0.25, 0.3) is 0 Å². The first-order valence-corrected chi connectivity index (χ1v) is 6.83. The smallest absolute Gasteiger partial charge is 0.0589 e. The van der Waals surface area contributed by atoms with Gasteiger partial charge >= 0.3 is 0 Å². The van der Waals surface area contributed by atoms with E-state index >= 15 is 0 Å². The normalized spacial score (nSPS) is 14.6. The van der Waals surface area contributed by atoms with E-state index in [1.165, 1.54) is 0 Å². The molecule has 0 spiro atoms. The van der Waals surface area contributed by atoms with E-state index in [9.17, 15) is 5.11 Å². The molecule has 0 aliphatic carbocycles. The van der Waals surface area contributed by atoms with E-state index in [1.54, 1.807) is 7.11 Å². The highest BCUT2D eigenvalue weighted by Crippen LogP contribution is 2.29. The maximum absolute atomic E-state index is 9.23. The van der Waals surface area contributed by atoms with Crippen molar-refractivity contribution >= 4 is 11.6 Å². The number of aliphatic hydroxyl groups is 1. The number of benzene rings is 1. The van der Waals surface area contributed by atoms with E-state index in [0.717, 1.165) is 5.56 Å². The SMILES string of the molecule is COCCN(CCO)C(c1ccccc1Cl)C(C)N. The molecule has 108 valence electrons. The van der Waals surface area contributed by atoms with Crippen LogP contribution in [0.15, 0.2) is 24.3 Å². The van der Waals surface area contributed by atoms with Crippen LogP contribution in [0.5, 0.6) is 0 Å². The number of halogens is 1. The van der Waals surface area contributed by atoms with Crippen LogP contribution < -0.4 is 5.73 Å². The molecule has 0 saturated carbocycles. The molecule has 0 bridgehead atoms. The molecule has 3 N–H and O–H groups in total. The van der Waals surface area contributed by atoms with Crippen LogP contribution in [-0.4, -0.2) is 49.5 Å². The van der Waals surface area contributed by atoms with Crippen molar-refractivity contribution in [1.29, 1.82) is 0 Å². The monoisotopic (exact) mass is 286 g/mol. The number of nitrogens with zero attached hydrogens (tertiary/aromatic N) is 1. The minimum atomic E-state index is -0.0942. The third-order valence-corrected chi connectivity index (χ3v) is 3.43. The first-order chi connectivity index (χ1) is 9.11. The summed E-state index contributed by atoms with van der Waals surface area (Å²) in [5.74, 6) is 0. The van der Waals surface area contributed by atoms with Crippen molar-refractivity contribution < 1.29 is 9.84 Å². The van der Waals surface area contributed by atoms with Gasteiger partial charge in [-0.15, -0.1) is 0 Å². The number of ether oxygens (including phenoxy) is 1. The molecule has 0 heterocycles. The molecule has 0 aliphatic heterocycles. The van der Waals surface area contributed by atoms with Crippen molar-refractivity contribution in [2.24, 2.45) is 5.73 Å². The van der Waals surface area contributed by atoms with Crippen LogP contribution in [0.2, 0.25) is 5.02 Å². The molecule has 0 aromatic heterocycles. The molecule has 2 atom stereocenters. The Bertz CT molecular complexity index is 374. The van der Waals surface area contributed by atoms with Crippen LogP contribution in [0.1, 0.15) is 18.5 Å². The van der Waals surface area contributed by atoms with Crippen molar-refractivity contribution in [3.63, 3.8) is 0 Å². The lowest BCUT2D eigenvalue weighted by Crippen LogP contribution is -2.42. The summed E-state index contributed by atoms with van der Waals surface area (Å²) in [6.07, 6.45) is 0. The fraction of sp³-hybridized carbons (Fsp3) is 0.571. The van der Waals surface area contributed by atoms with Crippen LogP contribution in [0.4, 0.5) is 0 Å². The van der Waals surface area contributed by atoms with Crippen molar-refractivity contribution in [3.8, 4) is 0 Å². The quantitative estimate of drug-likeness (QED) is 0.763. The molecule has 19 heavy (non-hydrogen) atoms. The third kappa shape index (κ3) is 4.75. The van der Waals surface area contributed by atoms with E-state index in [0.29, 0.717) is 24.7 Å². The van der Waals surface area contributed by atoms with Gasteiger partial charge in [0.2, 0.25) is 0 Å². The lowest BCUT2D eigenvalue weighted by atomic mass is 9.99. The van der Waals surface area contributed by atoms with Gasteiger partial charge in [0.05, 0.1) is 19.3 Å². The molecule has 0 aliphatic rings. The van der Waals surface area contributed by atoms with Gasteiger partial charge in [0.25, 0.3) is 0 Å². The van der Waals surface area contributed by atoms with E-state index < -0.39 is 0 Å². The first-order valence-electron chi connectivity index (χ1n) is 6.45. The zero-order valence-electron chi connectivity index (χ0n) is 11.6. The summed E-state index contributed by atoms with van der Waals surface area (Å²) in [5, 5.41) is 9.93. The summed E-state index contributed by atoms with van der Waals surface area (Å²) < 4.78 is 5.12. The second-order valence-corrected chi connectivity index (χ2v) is 4.99. The Labute approximate surface area is 120 Å². The minimum absolute atomic E-state index is 0.0315. The molecule has 2 unspecified atom stereocenters. The summed E-state index contributed by atoms with van der Waals surface area (Å²) in [4.78, 5) is 2.11. The van der Waals surface area contributed by atoms with Gasteiger partial charge in [-0.05, 0) is 18.6 Å². The van der Waals surface area contributed by atoms with Gasteiger partial charge in [0.1, 0.15) is 0 Å². The Morgan fingerprint density at radius 1 is 1.37 bits per heavy atom. The summed E-state index contributed by atoms with van der Waals surface area (Å²) in [6.45, 7) is 3.87. The standard InChI is InChI=1S/C14H23ClN2O2/c1-11(16)14(12-5-3-4-6-13(12)15)17(7-9-18)8-10-19-2/h3-6,11,14,18H,7-10,16H2,1-2H3. The van der Waals surface area contributed by atoms with Crippen molar-refractivity contribution in [3.05, 3.63) is 34.9 Å². The van der Waals surface area contributed by atoms with Crippen molar-refractivity contribution in [2.75, 3.05) is 33.4 Å². The molecule has 0 fully saturated rings. The highest BCUT2D eigenvalue weighted by molar-refractivity contribution is 6.31. The molecule has 4 nitrogen and oxygen atoms in total. The van der Waals surface area contributed by atoms with Crippen molar-refractivity contribution in [1.82, 2.24) is 4.90 Å². The summed E-state index contributed by atoms with van der Waals surface area (Å²) >= 11 is 6.27. The molecule has 5 heteroatoms. The van der Waals surface area contributed by atoms with E-state index in [1.807, 2.05) is 31.2 Å². The Hall–Kier alpha value is -0.650. The third-order valence-electron chi connectivity index (χ3n) is 3.09. The molecular weight excluding hydrogens is 264 g/mol. The Morgan fingerprint density at radius 3 is 2.58 bits per heavy atom. The van der Waals surface area contributed by atoms with Gasteiger partial charge < -0.3 is 15.6 Å². The predicted molar refractivity (Wildman–Crippen MR) is 78.4 cm³/mol. The summed E-state index contributed by atoms with van der Waals surface area (Å²) in [6, 6.07) is 7.56. The van der Waals surface area contributed by atoms with E-state index in [4.69, 9.17) is 22.1 Å². The molecule has 1 aromatic carbocycles. The second kappa shape index (κ2) is 8.51. The van der Waals surface area contributed by atoms with E-state index in [-0.39, 0.29) is 18.7 Å². The fourth-order valence-corrected chi connectivity index (χ4v) is 2.50. The molecular formula is C14H23ClN2O2. The predicted octanol–water partition coefficient (Wildman–Crippen LogP) is 1.67. The Balaban J connectivity index is 2.99. The summed E-state index contributed by atoms with van der Waals surface area (Å²) in [7, 11) is 1.66. The van der Waals surface area contributed by atoms with Gasteiger partial charge in [0, 0.05) is 31.3 Å². The van der Waals surface area contributed by atoms with Gasteiger partial charge in [-0.1, -0.05) is 29.8 Å². The number of nitrogens with two attached hydrogens (primary N) is 1. The second-order valence-electron chi connectivity index (χ2n) is 4.58. The van der Waals surface area contributed by atoms with Gasteiger partial charge in [-0.25, -0.2) is 0 Å². The Morgan fingerprint density at radius 2 is 2.05 bits per heavy atom. The number of hydrogen-bond donors (Lipinski definition) is 2. The highest BCUT2D eigenvalue weighted by atomic mass is 35.5. The van der Waals surface area contributed by atoms with Crippen LogP contribution in [0, 0.1) is 0 Å². The van der Waals surface area contributed by atoms with Crippen LogP contribution in [0.3, 0.4) is 0 Å². The zero-order valence-corrected chi connectivity index (χ0v) is 12.3. The van der Waals surface area contributed by atoms with Gasteiger partial charge in [-0.3, -0.25) is 4.90 Å².